The Hall–Kier alpha value is -0.640. The van der Waals surface area contributed by atoms with Gasteiger partial charge in [0.2, 0.25) is 10.0 Å². The van der Waals surface area contributed by atoms with Crippen LogP contribution < -0.4 is 0 Å². The van der Waals surface area contributed by atoms with Gasteiger partial charge in [0.1, 0.15) is 0 Å². The maximum Gasteiger partial charge on any atom is 0.229 e. The predicted octanol–water partition coefficient (Wildman–Crippen LogP) is 0.644. The first kappa shape index (κ1) is 14.4. The second kappa shape index (κ2) is 5.80. The molecular formula is C11H21N3O2S. The molecule has 1 saturated heterocycles. The molecule has 2 atom stereocenters. The van der Waals surface area contributed by atoms with Crippen molar-refractivity contribution in [3.05, 3.63) is 0 Å². The Morgan fingerprint density at radius 2 is 2.24 bits per heavy atom. The molecule has 0 spiro atoms. The van der Waals surface area contributed by atoms with E-state index in [-0.39, 0.29) is 0 Å². The highest BCUT2D eigenvalue weighted by molar-refractivity contribution is 7.89. The zero-order valence-corrected chi connectivity index (χ0v) is 11.6. The number of nitriles is 1. The van der Waals surface area contributed by atoms with Gasteiger partial charge in [-0.15, -0.1) is 0 Å². The molecule has 2 unspecified atom stereocenters. The fourth-order valence-electron chi connectivity index (χ4n) is 2.26. The average Bonchev–Trinajstić information content (AvgIpc) is 2.74. The van der Waals surface area contributed by atoms with E-state index in [0.717, 1.165) is 25.9 Å². The average molecular weight is 259 g/mol. The van der Waals surface area contributed by atoms with Gasteiger partial charge in [0, 0.05) is 19.6 Å². The molecule has 0 amide bonds. The molecular weight excluding hydrogens is 238 g/mol. The summed E-state index contributed by atoms with van der Waals surface area (Å²) >= 11 is 0. The summed E-state index contributed by atoms with van der Waals surface area (Å²) in [5, 5.41) is 7.74. The first-order chi connectivity index (χ1) is 7.93. The summed E-state index contributed by atoms with van der Waals surface area (Å²) in [4.78, 5) is 2.29. The topological polar surface area (TPSA) is 64.4 Å². The molecule has 1 aliphatic rings. The number of nitrogens with zero attached hydrogens (tertiary/aromatic N) is 3. The van der Waals surface area contributed by atoms with E-state index in [2.05, 4.69) is 11.8 Å². The molecule has 17 heavy (non-hydrogen) atoms. The first-order valence-corrected chi connectivity index (χ1v) is 7.52. The number of likely N-dealkylation sites (tertiary alicyclic amines) is 1. The van der Waals surface area contributed by atoms with Gasteiger partial charge in [0.05, 0.1) is 6.07 Å². The van der Waals surface area contributed by atoms with Gasteiger partial charge in [-0.05, 0) is 32.9 Å². The SMILES string of the molecule is CCN1CCCC1CN(C)S(=O)(=O)C(C)C#N. The summed E-state index contributed by atoms with van der Waals surface area (Å²) in [6.45, 7) is 6.00. The highest BCUT2D eigenvalue weighted by atomic mass is 32.2. The Balaban J connectivity index is 2.66. The highest BCUT2D eigenvalue weighted by Gasteiger charge is 2.31. The lowest BCUT2D eigenvalue weighted by molar-refractivity contribution is 0.237. The van der Waals surface area contributed by atoms with Crippen molar-refractivity contribution >= 4 is 10.0 Å². The van der Waals surface area contributed by atoms with Crippen LogP contribution >= 0.6 is 0 Å². The Kier molecular flexibility index (Phi) is 4.92. The fraction of sp³-hybridized carbons (Fsp3) is 0.909. The highest BCUT2D eigenvalue weighted by Crippen LogP contribution is 2.19. The minimum atomic E-state index is -3.46. The van der Waals surface area contributed by atoms with Crippen molar-refractivity contribution in [2.24, 2.45) is 0 Å². The van der Waals surface area contributed by atoms with Gasteiger partial charge >= 0.3 is 0 Å². The van der Waals surface area contributed by atoms with E-state index >= 15 is 0 Å². The van der Waals surface area contributed by atoms with E-state index in [0.29, 0.717) is 12.6 Å². The van der Waals surface area contributed by atoms with Gasteiger partial charge in [0.15, 0.2) is 5.25 Å². The van der Waals surface area contributed by atoms with Crippen molar-refractivity contribution in [1.29, 1.82) is 5.26 Å². The van der Waals surface area contributed by atoms with Crippen LogP contribution in [0.5, 0.6) is 0 Å². The summed E-state index contributed by atoms with van der Waals surface area (Å²) in [7, 11) is -1.90. The molecule has 1 fully saturated rings. The zero-order valence-electron chi connectivity index (χ0n) is 10.8. The normalized spacial score (nSPS) is 23.8. The van der Waals surface area contributed by atoms with Crippen molar-refractivity contribution < 1.29 is 8.42 Å². The Labute approximate surface area is 104 Å². The monoisotopic (exact) mass is 259 g/mol. The third-order valence-corrected chi connectivity index (χ3v) is 5.45. The second-order valence-corrected chi connectivity index (χ2v) is 6.88. The standard InChI is InChI=1S/C11H21N3O2S/c1-4-14-7-5-6-11(14)9-13(3)17(15,16)10(2)8-12/h10-11H,4-7,9H2,1-3H3. The van der Waals surface area contributed by atoms with Crippen LogP contribution in [0.1, 0.15) is 26.7 Å². The predicted molar refractivity (Wildman–Crippen MR) is 66.9 cm³/mol. The largest absolute Gasteiger partial charge is 0.299 e. The summed E-state index contributed by atoms with van der Waals surface area (Å²) < 4.78 is 25.2. The van der Waals surface area contributed by atoms with Gasteiger partial charge < -0.3 is 0 Å². The summed E-state index contributed by atoms with van der Waals surface area (Å²) in [6.07, 6.45) is 2.16. The maximum atomic E-state index is 11.9. The van der Waals surface area contributed by atoms with Crippen LogP contribution in [0.2, 0.25) is 0 Å². The minimum Gasteiger partial charge on any atom is -0.299 e. The Morgan fingerprint density at radius 3 is 2.76 bits per heavy atom. The number of sulfonamides is 1. The van der Waals surface area contributed by atoms with Crippen LogP contribution in [0.4, 0.5) is 0 Å². The molecule has 5 nitrogen and oxygen atoms in total. The molecule has 0 aromatic rings. The molecule has 0 aromatic carbocycles. The molecule has 0 radical (unpaired) electrons. The van der Waals surface area contributed by atoms with E-state index < -0.39 is 15.3 Å². The van der Waals surface area contributed by atoms with Crippen LogP contribution in [-0.4, -0.2) is 55.6 Å². The van der Waals surface area contributed by atoms with Crippen LogP contribution in [-0.2, 0) is 10.0 Å². The molecule has 0 aliphatic carbocycles. The molecule has 98 valence electrons. The van der Waals surface area contributed by atoms with E-state index in [9.17, 15) is 8.42 Å². The van der Waals surface area contributed by atoms with E-state index in [4.69, 9.17) is 5.26 Å². The van der Waals surface area contributed by atoms with Gasteiger partial charge in [-0.2, -0.15) is 5.26 Å². The smallest absolute Gasteiger partial charge is 0.229 e. The Morgan fingerprint density at radius 1 is 1.59 bits per heavy atom. The van der Waals surface area contributed by atoms with Crippen molar-refractivity contribution in [1.82, 2.24) is 9.21 Å². The van der Waals surface area contributed by atoms with Crippen molar-refractivity contribution in [2.45, 2.75) is 38.0 Å². The van der Waals surface area contributed by atoms with E-state index in [1.165, 1.54) is 11.2 Å². The van der Waals surface area contributed by atoms with Gasteiger partial charge in [0.25, 0.3) is 0 Å². The molecule has 6 heteroatoms. The third-order valence-electron chi connectivity index (χ3n) is 3.44. The van der Waals surface area contributed by atoms with Crippen LogP contribution in [0.15, 0.2) is 0 Å². The number of hydrogen-bond donors (Lipinski definition) is 0. The molecule has 0 bridgehead atoms. The molecule has 0 saturated carbocycles. The van der Waals surface area contributed by atoms with Gasteiger partial charge in [-0.25, -0.2) is 12.7 Å². The number of hydrogen-bond acceptors (Lipinski definition) is 4. The summed E-state index contributed by atoms with van der Waals surface area (Å²) in [6, 6.07) is 2.09. The quantitative estimate of drug-likeness (QED) is 0.727. The Bertz CT molecular complexity index is 388. The van der Waals surface area contributed by atoms with Crippen molar-refractivity contribution in [3.63, 3.8) is 0 Å². The van der Waals surface area contributed by atoms with Gasteiger partial charge in [-0.1, -0.05) is 6.92 Å². The lowest BCUT2D eigenvalue weighted by atomic mass is 10.2. The first-order valence-electron chi connectivity index (χ1n) is 6.02. The number of rotatable bonds is 5. The third kappa shape index (κ3) is 3.18. The fourth-order valence-corrected chi connectivity index (χ4v) is 3.31. The minimum absolute atomic E-state index is 0.297. The van der Waals surface area contributed by atoms with Crippen LogP contribution in [0, 0.1) is 11.3 Å². The lowest BCUT2D eigenvalue weighted by Crippen LogP contribution is -2.43. The van der Waals surface area contributed by atoms with Gasteiger partial charge in [-0.3, -0.25) is 4.90 Å². The second-order valence-electron chi connectivity index (χ2n) is 4.52. The molecule has 1 aliphatic heterocycles. The molecule has 1 heterocycles. The van der Waals surface area contributed by atoms with Crippen molar-refractivity contribution in [3.8, 4) is 6.07 Å². The maximum absolute atomic E-state index is 11.9. The molecule has 0 N–H and O–H groups in total. The van der Waals surface area contributed by atoms with Crippen LogP contribution in [0.3, 0.4) is 0 Å². The summed E-state index contributed by atoms with van der Waals surface area (Å²) in [5.41, 5.74) is 0. The molecule has 1 rings (SSSR count). The van der Waals surface area contributed by atoms with E-state index in [1.807, 2.05) is 0 Å². The van der Waals surface area contributed by atoms with Crippen molar-refractivity contribution in [2.75, 3.05) is 26.7 Å². The molecule has 0 aromatic heterocycles. The lowest BCUT2D eigenvalue weighted by Gasteiger charge is -2.27. The van der Waals surface area contributed by atoms with E-state index in [1.54, 1.807) is 13.1 Å². The van der Waals surface area contributed by atoms with Crippen LogP contribution in [0.25, 0.3) is 0 Å². The zero-order chi connectivity index (χ0) is 13.1. The number of likely N-dealkylation sites (N-methyl/N-ethyl adjacent to an activating group) is 2. The summed E-state index contributed by atoms with van der Waals surface area (Å²) in [5.74, 6) is 0.